The predicted octanol–water partition coefficient (Wildman–Crippen LogP) is 2.59. The lowest BCUT2D eigenvalue weighted by atomic mass is 10.1. The van der Waals surface area contributed by atoms with E-state index >= 15 is 0 Å². The zero-order valence-corrected chi connectivity index (χ0v) is 13.9. The van der Waals surface area contributed by atoms with Crippen molar-refractivity contribution in [2.75, 3.05) is 25.1 Å². The highest BCUT2D eigenvalue weighted by Gasteiger charge is 2.23. The van der Waals surface area contributed by atoms with Crippen LogP contribution in [0.3, 0.4) is 0 Å². The Bertz CT molecular complexity index is 644. The van der Waals surface area contributed by atoms with E-state index in [9.17, 15) is 5.11 Å². The summed E-state index contributed by atoms with van der Waals surface area (Å²) < 4.78 is 0. The summed E-state index contributed by atoms with van der Waals surface area (Å²) in [6.07, 6.45) is 0.939. The van der Waals surface area contributed by atoms with Gasteiger partial charge in [0.2, 0.25) is 0 Å². The van der Waals surface area contributed by atoms with Crippen molar-refractivity contribution in [3.63, 3.8) is 0 Å². The molecule has 0 amide bonds. The molecule has 23 heavy (non-hydrogen) atoms. The number of fused-ring (bicyclic) bond motifs is 1. The minimum Gasteiger partial charge on any atom is -0.394 e. The number of aliphatic hydroxyl groups is 1. The predicted molar refractivity (Wildman–Crippen MR) is 93.4 cm³/mol. The van der Waals surface area contributed by atoms with Crippen LogP contribution in [0, 0.1) is 6.92 Å². The summed E-state index contributed by atoms with van der Waals surface area (Å²) in [6.45, 7) is 4.96. The van der Waals surface area contributed by atoms with Crippen LogP contribution in [-0.2, 0) is 13.1 Å². The van der Waals surface area contributed by atoms with Gasteiger partial charge in [-0.2, -0.15) is 0 Å². The van der Waals surface area contributed by atoms with Crippen molar-refractivity contribution in [2.45, 2.75) is 32.5 Å². The van der Waals surface area contributed by atoms with Crippen molar-refractivity contribution in [1.29, 1.82) is 0 Å². The molecular weight excluding hydrogens is 286 g/mol. The second-order valence-electron chi connectivity index (χ2n) is 6.37. The molecule has 3 rings (SSSR count). The number of hydrogen-bond acceptors (Lipinski definition) is 4. The van der Waals surface area contributed by atoms with E-state index in [-0.39, 0.29) is 12.6 Å². The van der Waals surface area contributed by atoms with Crippen molar-refractivity contribution >= 4 is 5.82 Å². The molecule has 4 nitrogen and oxygen atoms in total. The van der Waals surface area contributed by atoms with Crippen LogP contribution >= 0.6 is 0 Å². The highest BCUT2D eigenvalue weighted by molar-refractivity contribution is 5.48. The van der Waals surface area contributed by atoms with E-state index in [1.54, 1.807) is 0 Å². The lowest BCUT2D eigenvalue weighted by Gasteiger charge is -2.35. The Morgan fingerprint density at radius 2 is 1.96 bits per heavy atom. The van der Waals surface area contributed by atoms with Crippen molar-refractivity contribution < 1.29 is 5.11 Å². The number of rotatable bonds is 3. The molecule has 1 aliphatic heterocycles. The minimum atomic E-state index is 0.113. The second-order valence-corrected chi connectivity index (χ2v) is 6.37. The Hall–Kier alpha value is -1.91. The van der Waals surface area contributed by atoms with Gasteiger partial charge in [0, 0.05) is 37.9 Å². The second kappa shape index (κ2) is 7.11. The van der Waals surface area contributed by atoms with E-state index in [0.29, 0.717) is 0 Å². The molecule has 0 radical (unpaired) electrons. The van der Waals surface area contributed by atoms with Crippen LogP contribution < -0.4 is 4.90 Å². The van der Waals surface area contributed by atoms with E-state index in [4.69, 9.17) is 4.98 Å². The van der Waals surface area contributed by atoms with Crippen molar-refractivity contribution in [1.82, 2.24) is 9.88 Å². The third-order valence-electron chi connectivity index (χ3n) is 4.61. The zero-order chi connectivity index (χ0) is 16.2. The summed E-state index contributed by atoms with van der Waals surface area (Å²) in [4.78, 5) is 9.31. The van der Waals surface area contributed by atoms with Gasteiger partial charge in [0.05, 0.1) is 12.6 Å². The van der Waals surface area contributed by atoms with Gasteiger partial charge in [-0.05, 0) is 25.0 Å². The van der Waals surface area contributed by atoms with Crippen LogP contribution in [0.15, 0.2) is 42.5 Å². The molecule has 2 aromatic rings. The Kier molecular flexibility index (Phi) is 4.94. The molecule has 2 heterocycles. The number of benzene rings is 1. The average molecular weight is 311 g/mol. The molecule has 4 heteroatoms. The van der Waals surface area contributed by atoms with Crippen LogP contribution in [0.2, 0.25) is 0 Å². The summed E-state index contributed by atoms with van der Waals surface area (Å²) in [6, 6.07) is 14.9. The Morgan fingerprint density at radius 1 is 1.17 bits per heavy atom. The highest BCUT2D eigenvalue weighted by Crippen LogP contribution is 2.25. The molecule has 0 spiro atoms. The number of anilines is 1. The summed E-state index contributed by atoms with van der Waals surface area (Å²) in [5, 5.41) is 9.76. The molecule has 0 fully saturated rings. The molecular formula is C19H25N3O. The molecule has 0 saturated heterocycles. The molecule has 1 aromatic carbocycles. The van der Waals surface area contributed by atoms with Gasteiger partial charge >= 0.3 is 0 Å². The van der Waals surface area contributed by atoms with E-state index in [1.165, 1.54) is 11.1 Å². The number of pyridine rings is 1. The van der Waals surface area contributed by atoms with Crippen molar-refractivity contribution in [3.8, 4) is 0 Å². The third-order valence-corrected chi connectivity index (χ3v) is 4.61. The van der Waals surface area contributed by atoms with Gasteiger partial charge in [-0.25, -0.2) is 4.98 Å². The largest absolute Gasteiger partial charge is 0.394 e. The fourth-order valence-electron chi connectivity index (χ4n) is 3.21. The van der Waals surface area contributed by atoms with Gasteiger partial charge in [-0.3, -0.25) is 4.90 Å². The van der Waals surface area contributed by atoms with Gasteiger partial charge in [-0.15, -0.1) is 0 Å². The SMILES string of the molecule is Cc1ccc2c(n1)N(C)C(CO)CCN(Cc1ccccc1)C2. The maximum Gasteiger partial charge on any atom is 0.133 e. The minimum absolute atomic E-state index is 0.113. The molecule has 122 valence electrons. The van der Waals surface area contributed by atoms with E-state index < -0.39 is 0 Å². The zero-order valence-electron chi connectivity index (χ0n) is 13.9. The molecule has 0 bridgehead atoms. The van der Waals surface area contributed by atoms with Crippen molar-refractivity contribution in [2.24, 2.45) is 0 Å². The monoisotopic (exact) mass is 311 g/mol. The van der Waals surface area contributed by atoms with Crippen LogP contribution in [-0.4, -0.2) is 41.2 Å². The maximum absolute atomic E-state index is 9.76. The van der Waals surface area contributed by atoms with E-state index in [1.807, 2.05) is 14.0 Å². The number of aromatic nitrogens is 1. The number of aliphatic hydroxyl groups excluding tert-OH is 1. The van der Waals surface area contributed by atoms with Crippen LogP contribution in [0.1, 0.15) is 23.2 Å². The quantitative estimate of drug-likeness (QED) is 0.946. The average Bonchev–Trinajstić information content (AvgIpc) is 2.56. The summed E-state index contributed by atoms with van der Waals surface area (Å²) in [7, 11) is 2.04. The molecule has 1 atom stereocenters. The first-order chi connectivity index (χ1) is 11.2. The van der Waals surface area contributed by atoms with Gasteiger partial charge in [0.15, 0.2) is 0 Å². The van der Waals surface area contributed by atoms with Crippen LogP contribution in [0.25, 0.3) is 0 Å². The molecule has 0 aliphatic carbocycles. The molecule has 0 saturated carbocycles. The molecule has 1 N–H and O–H groups in total. The lowest BCUT2D eigenvalue weighted by Crippen LogP contribution is -2.41. The standard InChI is InChI=1S/C19H25N3O/c1-15-8-9-17-13-22(12-16-6-4-3-5-7-16)11-10-18(14-23)21(2)19(17)20-15/h3-9,18,23H,10-14H2,1-2H3. The van der Waals surface area contributed by atoms with Gasteiger partial charge in [0.1, 0.15) is 5.82 Å². The molecule has 1 aliphatic rings. The maximum atomic E-state index is 9.76. The Morgan fingerprint density at radius 3 is 2.70 bits per heavy atom. The van der Waals surface area contributed by atoms with E-state index in [2.05, 4.69) is 52.3 Å². The normalized spacial score (nSPS) is 19.1. The lowest BCUT2D eigenvalue weighted by molar-refractivity contribution is 0.205. The van der Waals surface area contributed by atoms with Crippen LogP contribution in [0.5, 0.6) is 0 Å². The van der Waals surface area contributed by atoms with Crippen LogP contribution in [0.4, 0.5) is 5.82 Å². The van der Waals surface area contributed by atoms with Gasteiger partial charge < -0.3 is 10.0 Å². The molecule has 1 unspecified atom stereocenters. The number of nitrogens with zero attached hydrogens (tertiary/aromatic N) is 3. The molecule has 1 aromatic heterocycles. The topological polar surface area (TPSA) is 39.6 Å². The van der Waals surface area contributed by atoms with Crippen molar-refractivity contribution in [3.05, 3.63) is 59.3 Å². The summed E-state index contributed by atoms with van der Waals surface area (Å²) in [5.74, 6) is 1.00. The third kappa shape index (κ3) is 3.71. The van der Waals surface area contributed by atoms with Gasteiger partial charge in [0.25, 0.3) is 0 Å². The highest BCUT2D eigenvalue weighted by atomic mass is 16.3. The number of likely N-dealkylation sites (N-methyl/N-ethyl adjacent to an activating group) is 1. The smallest absolute Gasteiger partial charge is 0.133 e. The number of aryl methyl sites for hydroxylation is 1. The summed E-state index contributed by atoms with van der Waals surface area (Å²) in [5.41, 5.74) is 3.57. The summed E-state index contributed by atoms with van der Waals surface area (Å²) >= 11 is 0. The first-order valence-corrected chi connectivity index (χ1v) is 8.24. The van der Waals surface area contributed by atoms with Gasteiger partial charge in [-0.1, -0.05) is 36.4 Å². The fraction of sp³-hybridized carbons (Fsp3) is 0.421. The fourth-order valence-corrected chi connectivity index (χ4v) is 3.21. The Labute approximate surface area is 138 Å². The number of hydrogen-bond donors (Lipinski definition) is 1. The first kappa shape index (κ1) is 16.0. The Balaban J connectivity index is 1.88. The van der Waals surface area contributed by atoms with E-state index in [0.717, 1.165) is 37.6 Å². The first-order valence-electron chi connectivity index (χ1n) is 8.24.